The Kier molecular flexibility index (Phi) is 6.95. The Balaban J connectivity index is 1.49. The number of ether oxygens (including phenoxy) is 1. The largest absolute Gasteiger partial charge is 0.488 e. The lowest BCUT2D eigenvalue weighted by molar-refractivity contribution is -0.126. The van der Waals surface area contributed by atoms with Gasteiger partial charge in [0.15, 0.2) is 16.6 Å². The van der Waals surface area contributed by atoms with E-state index in [1.165, 1.54) is 16.6 Å². The van der Waals surface area contributed by atoms with Gasteiger partial charge in [-0.15, -0.1) is 0 Å². The molecule has 8 nitrogen and oxygen atoms in total. The van der Waals surface area contributed by atoms with Crippen LogP contribution in [0.5, 0.6) is 5.75 Å². The third-order valence-electron chi connectivity index (χ3n) is 5.29. The molecule has 1 saturated heterocycles. The number of piperidine rings is 1. The number of halogens is 2. The molecule has 3 rings (SSSR count). The molecule has 1 N–H and O–H groups in total. The number of carbonyl (C=O) groups excluding carboxylic acids is 1. The number of nitrogens with zero attached hydrogens (tertiary/aromatic N) is 3. The molecule has 1 aliphatic rings. The predicted molar refractivity (Wildman–Crippen MR) is 109 cm³/mol. The van der Waals surface area contributed by atoms with Gasteiger partial charge in [-0.25, -0.2) is 22.2 Å². The highest BCUT2D eigenvalue weighted by atomic mass is 32.2. The van der Waals surface area contributed by atoms with E-state index in [9.17, 15) is 22.0 Å². The summed E-state index contributed by atoms with van der Waals surface area (Å²) in [4.78, 5) is 16.6. The number of nitrogens with one attached hydrogen (secondary N) is 1. The van der Waals surface area contributed by atoms with Crippen molar-refractivity contribution in [3.8, 4) is 5.75 Å². The summed E-state index contributed by atoms with van der Waals surface area (Å²) in [6, 6.07) is 2.61. The summed E-state index contributed by atoms with van der Waals surface area (Å²) in [6.07, 6.45) is 2.25. The number of benzene rings is 1. The van der Waals surface area contributed by atoms with Gasteiger partial charge in [0.2, 0.25) is 5.91 Å². The van der Waals surface area contributed by atoms with E-state index < -0.39 is 27.7 Å². The van der Waals surface area contributed by atoms with Gasteiger partial charge in [-0.2, -0.15) is 4.31 Å². The van der Waals surface area contributed by atoms with Crippen molar-refractivity contribution in [2.45, 2.75) is 37.8 Å². The maximum absolute atomic E-state index is 13.6. The average molecular weight is 457 g/mol. The normalized spacial score (nSPS) is 16.8. The van der Waals surface area contributed by atoms with Gasteiger partial charge in [0, 0.05) is 38.3 Å². The minimum atomic E-state index is -3.69. The summed E-state index contributed by atoms with van der Waals surface area (Å²) in [5.74, 6) is -1.54. The van der Waals surface area contributed by atoms with Crippen molar-refractivity contribution in [2.75, 3.05) is 19.7 Å². The van der Waals surface area contributed by atoms with E-state index in [4.69, 9.17) is 4.74 Å². The molecular weight excluding hydrogens is 430 g/mol. The Morgan fingerprint density at radius 1 is 1.32 bits per heavy atom. The lowest BCUT2D eigenvalue weighted by Gasteiger charge is -2.30. The van der Waals surface area contributed by atoms with Gasteiger partial charge in [0.1, 0.15) is 18.2 Å². The van der Waals surface area contributed by atoms with Crippen molar-refractivity contribution < 1.29 is 26.7 Å². The molecule has 0 saturated carbocycles. The van der Waals surface area contributed by atoms with E-state index in [1.54, 1.807) is 25.5 Å². The van der Waals surface area contributed by atoms with E-state index in [1.807, 2.05) is 0 Å². The fourth-order valence-corrected chi connectivity index (χ4v) is 4.85. The molecule has 1 amide bonds. The van der Waals surface area contributed by atoms with Gasteiger partial charge in [0.05, 0.1) is 6.04 Å². The number of carbonyl (C=O) groups is 1. The van der Waals surface area contributed by atoms with E-state index in [0.717, 1.165) is 12.1 Å². The van der Waals surface area contributed by atoms with Gasteiger partial charge < -0.3 is 14.6 Å². The number of aryl methyl sites for hydroxylation is 2. The molecule has 2 heterocycles. The average Bonchev–Trinajstić information content (AvgIpc) is 3.06. The van der Waals surface area contributed by atoms with Crippen LogP contribution in [0.1, 0.15) is 25.6 Å². The van der Waals surface area contributed by atoms with Crippen molar-refractivity contribution in [3.05, 3.63) is 41.9 Å². The molecule has 1 aromatic heterocycles. The molecule has 0 aliphatic carbocycles. The van der Waals surface area contributed by atoms with Crippen molar-refractivity contribution in [3.63, 3.8) is 0 Å². The fraction of sp³-hybridized carbons (Fsp3) is 0.500. The number of aromatic nitrogens is 2. The van der Waals surface area contributed by atoms with Gasteiger partial charge in [-0.3, -0.25) is 4.79 Å². The Hall–Kier alpha value is -2.53. The van der Waals surface area contributed by atoms with Crippen LogP contribution in [0.25, 0.3) is 0 Å². The van der Waals surface area contributed by atoms with E-state index in [0.29, 0.717) is 18.7 Å². The van der Waals surface area contributed by atoms with Crippen LogP contribution in [0.3, 0.4) is 0 Å². The van der Waals surface area contributed by atoms with Crippen molar-refractivity contribution in [1.29, 1.82) is 0 Å². The zero-order valence-electron chi connectivity index (χ0n) is 17.6. The second-order valence-corrected chi connectivity index (χ2v) is 9.60. The smallest absolute Gasteiger partial charge is 0.262 e. The number of imidazole rings is 1. The van der Waals surface area contributed by atoms with Crippen LogP contribution in [-0.4, -0.2) is 53.9 Å². The standard InChI is InChI=1S/C20H26F2N4O4S/c1-13(12-30-18-5-4-16(21)10-17(18)22)23-20(27)15-6-8-26(9-7-15)31(28,29)19-11-25(3)14(2)24-19/h4-5,10-11,13,15H,6-9,12H2,1-3H3,(H,23,27). The molecule has 0 radical (unpaired) electrons. The van der Waals surface area contributed by atoms with E-state index in [2.05, 4.69) is 10.3 Å². The quantitative estimate of drug-likeness (QED) is 0.688. The first kappa shape index (κ1) is 23.1. The molecule has 1 unspecified atom stereocenters. The summed E-state index contributed by atoms with van der Waals surface area (Å²) in [7, 11) is -1.97. The molecule has 11 heteroatoms. The third-order valence-corrected chi connectivity index (χ3v) is 7.06. The molecule has 0 bridgehead atoms. The number of sulfonamides is 1. The molecule has 1 aliphatic heterocycles. The van der Waals surface area contributed by atoms with Crippen LogP contribution in [0.4, 0.5) is 8.78 Å². The zero-order valence-corrected chi connectivity index (χ0v) is 18.5. The molecule has 0 spiro atoms. The molecule has 1 aromatic carbocycles. The highest BCUT2D eigenvalue weighted by Gasteiger charge is 2.33. The molecular formula is C20H26F2N4O4S. The van der Waals surface area contributed by atoms with Crippen LogP contribution in [0, 0.1) is 24.5 Å². The van der Waals surface area contributed by atoms with Crippen LogP contribution in [0.15, 0.2) is 29.4 Å². The maximum Gasteiger partial charge on any atom is 0.262 e. The zero-order chi connectivity index (χ0) is 22.8. The number of amides is 1. The summed E-state index contributed by atoms with van der Waals surface area (Å²) in [6.45, 7) is 3.90. The summed E-state index contributed by atoms with van der Waals surface area (Å²) < 4.78 is 60.4. The van der Waals surface area contributed by atoms with Gasteiger partial charge >= 0.3 is 0 Å². The molecule has 170 valence electrons. The van der Waals surface area contributed by atoms with Crippen molar-refractivity contribution >= 4 is 15.9 Å². The topological polar surface area (TPSA) is 93.5 Å². The second-order valence-electron chi connectivity index (χ2n) is 7.71. The first-order valence-corrected chi connectivity index (χ1v) is 11.4. The minimum Gasteiger partial charge on any atom is -0.488 e. The van der Waals surface area contributed by atoms with Gasteiger partial charge in [0.25, 0.3) is 10.0 Å². The van der Waals surface area contributed by atoms with Crippen LogP contribution < -0.4 is 10.1 Å². The van der Waals surface area contributed by atoms with E-state index in [-0.39, 0.29) is 42.3 Å². The lowest BCUT2D eigenvalue weighted by Crippen LogP contribution is -2.46. The second kappa shape index (κ2) is 9.31. The van der Waals surface area contributed by atoms with Gasteiger partial charge in [-0.1, -0.05) is 0 Å². The van der Waals surface area contributed by atoms with Crippen LogP contribution in [0.2, 0.25) is 0 Å². The molecule has 1 atom stereocenters. The number of hydrogen-bond acceptors (Lipinski definition) is 5. The van der Waals surface area contributed by atoms with Crippen molar-refractivity contribution in [1.82, 2.24) is 19.2 Å². The predicted octanol–water partition coefficient (Wildman–Crippen LogP) is 1.99. The number of rotatable bonds is 7. The third kappa shape index (κ3) is 5.40. The minimum absolute atomic E-state index is 0.00852. The Morgan fingerprint density at radius 2 is 2.00 bits per heavy atom. The van der Waals surface area contributed by atoms with Crippen LogP contribution >= 0.6 is 0 Å². The first-order chi connectivity index (χ1) is 14.6. The molecule has 1 fully saturated rings. The molecule has 31 heavy (non-hydrogen) atoms. The Bertz CT molecular complexity index is 1030. The molecule has 2 aromatic rings. The first-order valence-electron chi connectivity index (χ1n) is 9.96. The lowest BCUT2D eigenvalue weighted by atomic mass is 9.97. The van der Waals surface area contributed by atoms with Crippen LogP contribution in [-0.2, 0) is 21.9 Å². The van der Waals surface area contributed by atoms with Crippen molar-refractivity contribution in [2.24, 2.45) is 13.0 Å². The SMILES string of the molecule is Cc1nc(S(=O)(=O)N2CCC(C(=O)NC(C)COc3ccc(F)cc3F)CC2)cn1C. The summed E-state index contributed by atoms with van der Waals surface area (Å²) in [5.41, 5.74) is 0. The summed E-state index contributed by atoms with van der Waals surface area (Å²) in [5, 5.41) is 2.81. The monoisotopic (exact) mass is 456 g/mol. The highest BCUT2D eigenvalue weighted by Crippen LogP contribution is 2.24. The Labute approximate surface area is 180 Å². The fourth-order valence-electron chi connectivity index (χ4n) is 3.35. The number of hydrogen-bond donors (Lipinski definition) is 1. The van der Waals surface area contributed by atoms with Gasteiger partial charge in [-0.05, 0) is 38.8 Å². The van der Waals surface area contributed by atoms with E-state index >= 15 is 0 Å². The highest BCUT2D eigenvalue weighted by molar-refractivity contribution is 7.89. The summed E-state index contributed by atoms with van der Waals surface area (Å²) >= 11 is 0. The Morgan fingerprint density at radius 3 is 2.58 bits per heavy atom. The maximum atomic E-state index is 13.6.